The number of carbonyl (C=O) groups is 1. The van der Waals surface area contributed by atoms with Crippen molar-refractivity contribution in [2.75, 3.05) is 6.54 Å². The Balaban J connectivity index is 2.63. The van der Waals surface area contributed by atoms with Gasteiger partial charge in [-0.1, -0.05) is 22.0 Å². The molecule has 1 atom stereocenters. The molecule has 1 rings (SSSR count). The van der Waals surface area contributed by atoms with Crippen LogP contribution in [0.1, 0.15) is 6.92 Å². The molecule has 0 bridgehead atoms. The highest BCUT2D eigenvalue weighted by molar-refractivity contribution is 9.10. The molecule has 3 nitrogen and oxygen atoms in total. The third-order valence-corrected chi connectivity index (χ3v) is 2.40. The standard InChI is InChI=1S/C12H13BrFNO2/c1-3-4-15-12(16)8(2)17-11-6-9(13)5-10(14)7-11/h3,5-8H,1,4H2,2H3,(H,15,16). The van der Waals surface area contributed by atoms with Gasteiger partial charge in [0, 0.05) is 17.1 Å². The first-order valence-electron chi connectivity index (χ1n) is 5.04. The highest BCUT2D eigenvalue weighted by Crippen LogP contribution is 2.21. The van der Waals surface area contributed by atoms with E-state index in [9.17, 15) is 9.18 Å². The fourth-order valence-electron chi connectivity index (χ4n) is 1.17. The number of nitrogens with one attached hydrogen (secondary N) is 1. The number of carbonyl (C=O) groups excluding carboxylic acids is 1. The maximum atomic E-state index is 13.1. The Morgan fingerprint density at radius 3 is 2.94 bits per heavy atom. The number of halogens is 2. The number of rotatable bonds is 5. The summed E-state index contributed by atoms with van der Waals surface area (Å²) in [5.41, 5.74) is 0. The first kappa shape index (κ1) is 13.7. The van der Waals surface area contributed by atoms with E-state index in [1.54, 1.807) is 19.1 Å². The molecular formula is C12H13BrFNO2. The summed E-state index contributed by atoms with van der Waals surface area (Å²) in [7, 11) is 0. The lowest BCUT2D eigenvalue weighted by Crippen LogP contribution is -2.36. The molecule has 5 heteroatoms. The second kappa shape index (κ2) is 6.39. The molecule has 0 fully saturated rings. The molecule has 0 radical (unpaired) electrons. The Morgan fingerprint density at radius 1 is 1.65 bits per heavy atom. The van der Waals surface area contributed by atoms with Crippen molar-refractivity contribution in [1.29, 1.82) is 0 Å². The Hall–Kier alpha value is -1.36. The van der Waals surface area contributed by atoms with Gasteiger partial charge in [0.2, 0.25) is 0 Å². The Labute approximate surface area is 108 Å². The lowest BCUT2D eigenvalue weighted by Gasteiger charge is -2.14. The van der Waals surface area contributed by atoms with Crippen LogP contribution in [-0.2, 0) is 4.79 Å². The number of amides is 1. The zero-order chi connectivity index (χ0) is 12.8. The van der Waals surface area contributed by atoms with Crippen molar-refractivity contribution >= 4 is 21.8 Å². The number of ether oxygens (including phenoxy) is 1. The van der Waals surface area contributed by atoms with Gasteiger partial charge in [-0.3, -0.25) is 4.79 Å². The lowest BCUT2D eigenvalue weighted by atomic mass is 10.3. The van der Waals surface area contributed by atoms with Gasteiger partial charge in [0.25, 0.3) is 5.91 Å². The minimum Gasteiger partial charge on any atom is -0.481 e. The van der Waals surface area contributed by atoms with E-state index in [2.05, 4.69) is 27.8 Å². The van der Waals surface area contributed by atoms with E-state index in [-0.39, 0.29) is 5.91 Å². The molecule has 0 saturated heterocycles. The van der Waals surface area contributed by atoms with E-state index in [0.717, 1.165) is 0 Å². The molecule has 0 aliphatic carbocycles. The van der Waals surface area contributed by atoms with Crippen molar-refractivity contribution in [2.45, 2.75) is 13.0 Å². The van der Waals surface area contributed by atoms with E-state index < -0.39 is 11.9 Å². The summed E-state index contributed by atoms with van der Waals surface area (Å²) in [5, 5.41) is 2.59. The Morgan fingerprint density at radius 2 is 2.35 bits per heavy atom. The highest BCUT2D eigenvalue weighted by atomic mass is 79.9. The van der Waals surface area contributed by atoms with Gasteiger partial charge in [0.05, 0.1) is 0 Å². The van der Waals surface area contributed by atoms with E-state index >= 15 is 0 Å². The van der Waals surface area contributed by atoms with Crippen LogP contribution >= 0.6 is 15.9 Å². The number of hydrogen-bond acceptors (Lipinski definition) is 2. The minimum absolute atomic E-state index is 0.273. The summed E-state index contributed by atoms with van der Waals surface area (Å²) in [4.78, 5) is 11.5. The minimum atomic E-state index is -0.691. The van der Waals surface area contributed by atoms with Gasteiger partial charge < -0.3 is 10.1 Å². The second-order valence-electron chi connectivity index (χ2n) is 3.40. The zero-order valence-corrected chi connectivity index (χ0v) is 11.0. The van der Waals surface area contributed by atoms with E-state index in [0.29, 0.717) is 16.8 Å². The normalized spacial score (nSPS) is 11.7. The molecule has 0 saturated carbocycles. The summed E-state index contributed by atoms with van der Waals surface area (Å²) in [5.74, 6) is -0.392. The van der Waals surface area contributed by atoms with Crippen LogP contribution in [0.5, 0.6) is 5.75 Å². The van der Waals surface area contributed by atoms with Gasteiger partial charge in [0.1, 0.15) is 11.6 Å². The van der Waals surface area contributed by atoms with Gasteiger partial charge >= 0.3 is 0 Å². The predicted molar refractivity (Wildman–Crippen MR) is 67.4 cm³/mol. The fraction of sp³-hybridized carbons (Fsp3) is 0.250. The van der Waals surface area contributed by atoms with Gasteiger partial charge in [0.15, 0.2) is 6.10 Å². The third-order valence-electron chi connectivity index (χ3n) is 1.94. The highest BCUT2D eigenvalue weighted by Gasteiger charge is 2.14. The molecule has 0 spiro atoms. The lowest BCUT2D eigenvalue weighted by molar-refractivity contribution is -0.127. The summed E-state index contributed by atoms with van der Waals surface area (Å²) >= 11 is 3.15. The Bertz CT molecular complexity index is 403. The molecule has 1 amide bonds. The first-order chi connectivity index (χ1) is 8.02. The van der Waals surface area contributed by atoms with E-state index in [4.69, 9.17) is 4.74 Å². The molecule has 0 aliphatic heterocycles. The molecule has 1 unspecified atom stereocenters. The molecule has 1 N–H and O–H groups in total. The second-order valence-corrected chi connectivity index (χ2v) is 4.31. The molecule has 92 valence electrons. The molecule has 1 aromatic rings. The maximum Gasteiger partial charge on any atom is 0.261 e. The first-order valence-corrected chi connectivity index (χ1v) is 5.83. The monoisotopic (exact) mass is 301 g/mol. The fourth-order valence-corrected chi connectivity index (χ4v) is 1.62. The van der Waals surface area contributed by atoms with Crippen molar-refractivity contribution in [2.24, 2.45) is 0 Å². The van der Waals surface area contributed by atoms with Gasteiger partial charge in [-0.15, -0.1) is 6.58 Å². The smallest absolute Gasteiger partial charge is 0.261 e. The molecule has 0 aliphatic rings. The largest absolute Gasteiger partial charge is 0.481 e. The van der Waals surface area contributed by atoms with Crippen molar-refractivity contribution in [3.8, 4) is 5.75 Å². The molecular weight excluding hydrogens is 289 g/mol. The quantitative estimate of drug-likeness (QED) is 0.849. The van der Waals surface area contributed by atoms with Crippen LogP contribution in [0.2, 0.25) is 0 Å². The third kappa shape index (κ3) is 4.56. The van der Waals surface area contributed by atoms with Crippen molar-refractivity contribution in [3.63, 3.8) is 0 Å². The van der Waals surface area contributed by atoms with E-state index in [1.165, 1.54) is 12.1 Å². The number of hydrogen-bond donors (Lipinski definition) is 1. The summed E-state index contributed by atoms with van der Waals surface area (Å²) in [6.45, 7) is 5.46. The Kier molecular flexibility index (Phi) is 5.15. The van der Waals surface area contributed by atoms with Gasteiger partial charge in [-0.2, -0.15) is 0 Å². The summed E-state index contributed by atoms with van der Waals surface area (Å²) in [6.07, 6.45) is 0.882. The average Bonchev–Trinajstić information content (AvgIpc) is 2.24. The van der Waals surface area contributed by atoms with Crippen molar-refractivity contribution < 1.29 is 13.9 Å². The average molecular weight is 302 g/mol. The molecule has 1 aromatic carbocycles. The number of benzene rings is 1. The maximum absolute atomic E-state index is 13.1. The SMILES string of the molecule is C=CCNC(=O)C(C)Oc1cc(F)cc(Br)c1. The molecule has 0 heterocycles. The van der Waals surface area contributed by atoms with Crippen LogP contribution in [0.3, 0.4) is 0 Å². The summed E-state index contributed by atoms with van der Waals surface area (Å²) < 4.78 is 18.9. The molecule has 17 heavy (non-hydrogen) atoms. The van der Waals surface area contributed by atoms with Crippen molar-refractivity contribution in [3.05, 3.63) is 41.1 Å². The topological polar surface area (TPSA) is 38.3 Å². The van der Waals surface area contributed by atoms with Crippen LogP contribution < -0.4 is 10.1 Å². The van der Waals surface area contributed by atoms with Crippen LogP contribution in [-0.4, -0.2) is 18.6 Å². The zero-order valence-electron chi connectivity index (χ0n) is 9.37. The predicted octanol–water partition coefficient (Wildman–Crippen LogP) is 2.66. The van der Waals surface area contributed by atoms with Crippen molar-refractivity contribution in [1.82, 2.24) is 5.32 Å². The van der Waals surface area contributed by atoms with E-state index in [1.807, 2.05) is 0 Å². The summed E-state index contributed by atoms with van der Waals surface area (Å²) in [6, 6.07) is 4.14. The molecule has 0 aromatic heterocycles. The van der Waals surface area contributed by atoms with Crippen LogP contribution in [0.25, 0.3) is 0 Å². The van der Waals surface area contributed by atoms with Gasteiger partial charge in [-0.05, 0) is 19.1 Å². The van der Waals surface area contributed by atoms with Crippen LogP contribution in [0.15, 0.2) is 35.3 Å². The van der Waals surface area contributed by atoms with Crippen LogP contribution in [0, 0.1) is 5.82 Å². The van der Waals surface area contributed by atoms with Gasteiger partial charge in [-0.25, -0.2) is 4.39 Å². The van der Waals surface area contributed by atoms with Crippen LogP contribution in [0.4, 0.5) is 4.39 Å².